The first-order chi connectivity index (χ1) is 11.9. The van der Waals surface area contributed by atoms with Crippen molar-refractivity contribution in [2.24, 2.45) is 5.73 Å². The van der Waals surface area contributed by atoms with Gasteiger partial charge in [-0.05, 0) is 24.1 Å². The molecule has 1 aromatic carbocycles. The van der Waals surface area contributed by atoms with E-state index in [1.807, 2.05) is 12.1 Å². The Hall–Kier alpha value is -1.35. The van der Waals surface area contributed by atoms with Crippen molar-refractivity contribution in [1.82, 2.24) is 9.80 Å². The number of carbonyl (C=O) groups is 1. The van der Waals surface area contributed by atoms with E-state index in [-0.39, 0.29) is 24.9 Å². The van der Waals surface area contributed by atoms with Crippen molar-refractivity contribution in [3.8, 4) is 0 Å². The first-order valence-electron chi connectivity index (χ1n) is 8.34. The number of nitrogens with two attached hydrogens (primary N) is 1. The Morgan fingerprint density at radius 2 is 1.73 bits per heavy atom. The smallest absolute Gasteiger partial charge is 0.372 e. The maximum absolute atomic E-state index is 12.4. The molecule has 2 rings (SSSR count). The van der Waals surface area contributed by atoms with Gasteiger partial charge in [0.25, 0.3) is 5.91 Å². The second kappa shape index (κ2) is 10.7. The van der Waals surface area contributed by atoms with E-state index in [9.17, 15) is 18.0 Å². The molecule has 0 aromatic heterocycles. The Labute approximate surface area is 157 Å². The minimum Gasteiger partial charge on any atom is -0.372 e. The summed E-state index contributed by atoms with van der Waals surface area (Å²) in [5.41, 5.74) is 7.17. The highest BCUT2D eigenvalue weighted by Crippen LogP contribution is 2.14. The van der Waals surface area contributed by atoms with E-state index in [0.29, 0.717) is 51.3 Å². The molecular weight excluding hydrogens is 371 g/mol. The van der Waals surface area contributed by atoms with Crippen LogP contribution in [0, 0.1) is 0 Å². The first-order valence-corrected chi connectivity index (χ1v) is 8.34. The van der Waals surface area contributed by atoms with Crippen LogP contribution < -0.4 is 5.73 Å². The summed E-state index contributed by atoms with van der Waals surface area (Å²) in [5.74, 6) is -0.00303. The zero-order chi connectivity index (χ0) is 18.3. The monoisotopic (exact) mass is 395 g/mol. The van der Waals surface area contributed by atoms with Gasteiger partial charge in [-0.2, -0.15) is 13.2 Å². The summed E-state index contributed by atoms with van der Waals surface area (Å²) in [4.78, 5) is 16.4. The van der Waals surface area contributed by atoms with Gasteiger partial charge in [-0.15, -0.1) is 12.4 Å². The van der Waals surface area contributed by atoms with Crippen LogP contribution in [0.2, 0.25) is 0 Å². The van der Waals surface area contributed by atoms with Gasteiger partial charge >= 0.3 is 6.18 Å². The summed E-state index contributed by atoms with van der Waals surface area (Å²) in [6.45, 7) is 2.66. The Kier molecular flexibility index (Phi) is 9.35. The quantitative estimate of drug-likeness (QED) is 0.720. The summed E-state index contributed by atoms with van der Waals surface area (Å²) in [7, 11) is 0. The number of rotatable bonds is 7. The number of hydrogen-bond donors (Lipinski definition) is 1. The molecule has 0 atom stereocenters. The van der Waals surface area contributed by atoms with E-state index in [1.165, 1.54) is 0 Å². The van der Waals surface area contributed by atoms with Crippen molar-refractivity contribution in [3.05, 3.63) is 35.4 Å². The Morgan fingerprint density at radius 1 is 1.12 bits per heavy atom. The molecule has 9 heteroatoms. The largest absolute Gasteiger partial charge is 0.411 e. The molecule has 0 unspecified atom stereocenters. The summed E-state index contributed by atoms with van der Waals surface area (Å²) in [6.07, 6.45) is -3.72. The first kappa shape index (κ1) is 22.7. The molecule has 1 fully saturated rings. The van der Waals surface area contributed by atoms with E-state index in [0.717, 1.165) is 5.56 Å². The molecule has 2 N–H and O–H groups in total. The molecule has 0 bridgehead atoms. The lowest BCUT2D eigenvalue weighted by Gasteiger charge is -2.34. The van der Waals surface area contributed by atoms with Crippen LogP contribution >= 0.6 is 12.4 Å². The summed E-state index contributed by atoms with van der Waals surface area (Å²) in [6, 6.07) is 7.28. The zero-order valence-electron chi connectivity index (χ0n) is 14.5. The Balaban J connectivity index is 0.00000338. The fourth-order valence-electron chi connectivity index (χ4n) is 2.72. The van der Waals surface area contributed by atoms with Crippen LogP contribution in [0.4, 0.5) is 13.2 Å². The lowest BCUT2D eigenvalue weighted by molar-refractivity contribution is -0.174. The van der Waals surface area contributed by atoms with Crippen molar-refractivity contribution in [1.29, 1.82) is 0 Å². The van der Waals surface area contributed by atoms with E-state index >= 15 is 0 Å². The van der Waals surface area contributed by atoms with Gasteiger partial charge in [-0.3, -0.25) is 9.69 Å². The average molecular weight is 396 g/mol. The minimum atomic E-state index is -4.27. The van der Waals surface area contributed by atoms with E-state index in [2.05, 4.69) is 9.64 Å². The highest BCUT2D eigenvalue weighted by Gasteiger charge is 2.27. The number of hydrogen-bond acceptors (Lipinski definition) is 4. The maximum Gasteiger partial charge on any atom is 0.411 e. The zero-order valence-corrected chi connectivity index (χ0v) is 15.3. The van der Waals surface area contributed by atoms with Gasteiger partial charge in [0, 0.05) is 51.4 Å². The maximum atomic E-state index is 12.4. The van der Waals surface area contributed by atoms with Crippen LogP contribution in [0.15, 0.2) is 24.3 Å². The normalized spacial score (nSPS) is 15.6. The second-order valence-corrected chi connectivity index (χ2v) is 6.06. The predicted molar refractivity (Wildman–Crippen MR) is 95.4 cm³/mol. The van der Waals surface area contributed by atoms with E-state index < -0.39 is 12.8 Å². The molecular formula is C17H25ClF3N3O2. The lowest BCUT2D eigenvalue weighted by Crippen LogP contribution is -2.49. The van der Waals surface area contributed by atoms with Crippen molar-refractivity contribution in [2.45, 2.75) is 19.1 Å². The number of ether oxygens (including phenoxy) is 1. The molecule has 0 aliphatic carbocycles. The number of halogens is 4. The van der Waals surface area contributed by atoms with Gasteiger partial charge < -0.3 is 15.4 Å². The van der Waals surface area contributed by atoms with Gasteiger partial charge in [0.1, 0.15) is 6.61 Å². The molecule has 5 nitrogen and oxygen atoms in total. The molecule has 1 heterocycles. The SMILES string of the molecule is Cl.NCc1ccc(C(=O)N2CCN(CCCOCC(F)(F)F)CC2)cc1. The van der Waals surface area contributed by atoms with Crippen LogP contribution in [0.3, 0.4) is 0 Å². The van der Waals surface area contributed by atoms with Gasteiger partial charge in [0.05, 0.1) is 0 Å². The van der Waals surface area contributed by atoms with Crippen LogP contribution in [0.25, 0.3) is 0 Å². The van der Waals surface area contributed by atoms with Crippen LogP contribution in [0.1, 0.15) is 22.3 Å². The van der Waals surface area contributed by atoms with Crippen molar-refractivity contribution >= 4 is 18.3 Å². The van der Waals surface area contributed by atoms with Gasteiger partial charge in [-0.25, -0.2) is 0 Å². The molecule has 1 aliphatic heterocycles. The summed E-state index contributed by atoms with van der Waals surface area (Å²) in [5, 5.41) is 0. The molecule has 0 radical (unpaired) electrons. The molecule has 1 aliphatic rings. The standard InChI is InChI=1S/C17H24F3N3O2.ClH/c18-17(19,20)13-25-11-1-6-22-7-9-23(10-8-22)16(24)15-4-2-14(12-21)3-5-15;/h2-5H,1,6-13,21H2;1H. The van der Waals surface area contributed by atoms with Gasteiger partial charge in [0.2, 0.25) is 0 Å². The molecule has 0 saturated carbocycles. The molecule has 148 valence electrons. The van der Waals surface area contributed by atoms with E-state index in [1.54, 1.807) is 17.0 Å². The summed E-state index contributed by atoms with van der Waals surface area (Å²) >= 11 is 0. The van der Waals surface area contributed by atoms with Crippen LogP contribution in [-0.2, 0) is 11.3 Å². The average Bonchev–Trinajstić information content (AvgIpc) is 2.60. The third-order valence-electron chi connectivity index (χ3n) is 4.12. The number of nitrogens with zero attached hydrogens (tertiary/aromatic N) is 2. The second-order valence-electron chi connectivity index (χ2n) is 6.06. The number of piperazine rings is 1. The third-order valence-corrected chi connectivity index (χ3v) is 4.12. The fourth-order valence-corrected chi connectivity index (χ4v) is 2.72. The Morgan fingerprint density at radius 3 is 2.27 bits per heavy atom. The van der Waals surface area contributed by atoms with Crippen molar-refractivity contribution in [2.75, 3.05) is 45.9 Å². The number of benzene rings is 1. The highest BCUT2D eigenvalue weighted by molar-refractivity contribution is 5.94. The predicted octanol–water partition coefficient (Wildman–Crippen LogP) is 2.29. The van der Waals surface area contributed by atoms with Crippen molar-refractivity contribution < 1.29 is 22.7 Å². The molecule has 1 saturated heterocycles. The summed E-state index contributed by atoms with van der Waals surface area (Å²) < 4.78 is 40.5. The van der Waals surface area contributed by atoms with Crippen molar-refractivity contribution in [3.63, 3.8) is 0 Å². The third kappa shape index (κ3) is 7.49. The number of amides is 1. The fraction of sp³-hybridized carbons (Fsp3) is 0.588. The molecule has 26 heavy (non-hydrogen) atoms. The van der Waals surface area contributed by atoms with E-state index in [4.69, 9.17) is 5.73 Å². The molecule has 1 aromatic rings. The minimum absolute atomic E-state index is 0. The topological polar surface area (TPSA) is 58.8 Å². The van der Waals surface area contributed by atoms with Crippen LogP contribution in [0.5, 0.6) is 0 Å². The molecule has 1 amide bonds. The number of carbonyl (C=O) groups excluding carboxylic acids is 1. The number of alkyl halides is 3. The molecule has 0 spiro atoms. The van der Waals surface area contributed by atoms with Gasteiger partial charge in [-0.1, -0.05) is 12.1 Å². The highest BCUT2D eigenvalue weighted by atomic mass is 35.5. The Bertz CT molecular complexity index is 547. The van der Waals surface area contributed by atoms with Crippen LogP contribution in [-0.4, -0.2) is 67.8 Å². The lowest BCUT2D eigenvalue weighted by atomic mass is 10.1. The van der Waals surface area contributed by atoms with Gasteiger partial charge in [0.15, 0.2) is 0 Å².